The zero-order chi connectivity index (χ0) is 97.8. The van der Waals surface area contributed by atoms with Crippen LogP contribution in [0.3, 0.4) is 0 Å². The smallest absolute Gasteiger partial charge is 1.00 e. The van der Waals surface area contributed by atoms with Crippen LogP contribution >= 0.6 is 12.4 Å². The van der Waals surface area contributed by atoms with Crippen LogP contribution in [-0.2, 0) is 88.3 Å². The molecular formula is C112H136ClN8NaO15. The molecule has 0 amide bonds. The van der Waals surface area contributed by atoms with E-state index in [1.54, 1.807) is 54.5 Å². The number of aromatic nitrogens is 6. The number of nitrogens with zero attached hydrogens (tertiary/aromatic N) is 5. The fraction of sp³-hybridized carbons (Fsp3) is 0.312. The van der Waals surface area contributed by atoms with Gasteiger partial charge < -0.3 is 50.4 Å². The maximum atomic E-state index is 13.4. The Morgan fingerprint density at radius 1 is 0.423 bits per heavy atom. The number of nitrogens with two attached hydrogens (primary N) is 1. The molecular weight excluding hydrogens is 1760 g/mol. The Morgan fingerprint density at radius 2 is 0.759 bits per heavy atom. The van der Waals surface area contributed by atoms with E-state index in [9.17, 15) is 38.7 Å². The monoisotopic (exact) mass is 1890 g/mol. The molecule has 0 spiro atoms. The number of ether oxygens (including phenoxy) is 7. The van der Waals surface area contributed by atoms with Crippen LogP contribution in [0.15, 0.2) is 257 Å². The minimum absolute atomic E-state index is 0. The van der Waals surface area contributed by atoms with Gasteiger partial charge in [-0.2, -0.15) is 0 Å². The molecule has 0 fully saturated rings. The number of ketones is 1. The standard InChI is InChI=1S/C24H28N2O2.C23H26N2O2.C21H22N2O2.C20H22O4.C11H14O2.C10H12O3.C2H6N2.CH4.ClH.Na.H/c1-5-16-26-18(3)25-22(20-13-9-10-17(2)23(20)28-4)21(24(26)27)15-14-19-11-7-6-8-12-19;1-4-15-25-17(3)24-21(19-12-8-9-16(2)22(19)26)20(23(25)27)14-13-18-10-6-5-7-11-18;1-14-8-7-11-17(20(14)25-3)19-18(21(24)23-15(2)22-19)13-12-16-9-5-4-6-10-16;1-14-8-7-11-16(19(14)23-2)18(21)17(20(22)24-3)13-12-15-9-5-4-6-10-15;1-13-11(12)9-5-8-10-6-3-2-4-7-10;1-7-5-4-6-8(9(7)12-2)10(11)13-3;1-2(3)4;;;;/h6-13H,5,14-16H2,1-4H3;5-12,26H,4,13-15H2,1-3H3;4-11H,12-13H2,1-3H3,(H,22,23,24);4-11,17H,12-13H2,1-3H3;2-4,6-7H,5,8-9H2,1H3;4-6H,1-3H3;1H3,(H3,3,4);1H4;1H;;/q;;;;;;;;;+1;-1. The third-order valence-corrected chi connectivity index (χ3v) is 22.1. The molecule has 13 rings (SSSR count). The van der Waals surface area contributed by atoms with E-state index >= 15 is 0 Å². The van der Waals surface area contributed by atoms with Crippen molar-refractivity contribution >= 4 is 41.9 Å². The summed E-state index contributed by atoms with van der Waals surface area (Å²) in [6, 6.07) is 78.6. The minimum Gasteiger partial charge on any atom is -1.00 e. The van der Waals surface area contributed by atoms with Crippen molar-refractivity contribution < 1.29 is 88.4 Å². The number of phenols is 1. The van der Waals surface area contributed by atoms with E-state index in [0.717, 1.165) is 118 Å². The maximum Gasteiger partial charge on any atom is 1.00 e. The number of Topliss-reactive ketones (excluding diaryl/α,β-unsaturated/α-hetero) is 1. The van der Waals surface area contributed by atoms with E-state index in [1.165, 1.54) is 64.7 Å². The molecule has 3 aromatic heterocycles. The minimum atomic E-state index is -0.842. The Labute approximate surface area is 837 Å². The molecule has 0 saturated carbocycles. The number of benzene rings is 10. The average Bonchev–Trinajstić information content (AvgIpc) is 0.776. The number of phenolic OH excluding ortho intramolecular Hbond substituents is 1. The molecule has 0 aliphatic heterocycles. The third kappa shape index (κ3) is 34.8. The van der Waals surface area contributed by atoms with E-state index < -0.39 is 11.9 Å². The van der Waals surface area contributed by atoms with Crippen LogP contribution in [-0.4, -0.2) is 113 Å². The largest absolute Gasteiger partial charge is 1.00 e. The van der Waals surface area contributed by atoms with E-state index in [4.69, 9.17) is 44.8 Å². The van der Waals surface area contributed by atoms with Gasteiger partial charge in [-0.15, -0.1) is 12.4 Å². The Bertz CT molecular complexity index is 6180. The quantitative estimate of drug-likeness (QED) is 0.00596. The molecule has 13 aromatic rings. The second-order valence-corrected chi connectivity index (χ2v) is 32.0. The summed E-state index contributed by atoms with van der Waals surface area (Å²) in [7, 11) is 10.5. The summed E-state index contributed by atoms with van der Waals surface area (Å²) in [5, 5.41) is 16.8. The van der Waals surface area contributed by atoms with Gasteiger partial charge in [-0.3, -0.25) is 43.3 Å². The molecule has 3 heterocycles. The number of para-hydroxylation sites is 5. The first-order chi connectivity index (χ1) is 64.5. The topological polar surface area (TPSA) is 319 Å². The van der Waals surface area contributed by atoms with Gasteiger partial charge in [0.2, 0.25) is 0 Å². The van der Waals surface area contributed by atoms with Gasteiger partial charge in [0.25, 0.3) is 16.7 Å². The number of rotatable bonds is 31. The number of aromatic hydroxyl groups is 1. The van der Waals surface area contributed by atoms with Gasteiger partial charge in [0.1, 0.15) is 57.7 Å². The number of hydrogen-bond donors (Lipinski definition) is 4. The molecule has 137 heavy (non-hydrogen) atoms. The van der Waals surface area contributed by atoms with Gasteiger partial charge in [-0.25, -0.2) is 19.7 Å². The Kier molecular flexibility index (Phi) is 51.6. The fourth-order valence-electron chi connectivity index (χ4n) is 15.3. The molecule has 1 unspecified atom stereocenters. The first kappa shape index (κ1) is 116. The van der Waals surface area contributed by atoms with E-state index in [0.29, 0.717) is 114 Å². The molecule has 0 bridgehead atoms. The van der Waals surface area contributed by atoms with Crippen LogP contribution in [0.4, 0.5) is 0 Å². The normalized spacial score (nSPS) is 10.4. The first-order valence-electron chi connectivity index (χ1n) is 45.0. The summed E-state index contributed by atoms with van der Waals surface area (Å²) in [5.74, 6) is 2.90. The maximum absolute atomic E-state index is 13.4. The number of esters is 3. The Hall–Kier alpha value is -13.3. The number of H-pyrrole nitrogens is 1. The number of nitrogens with one attached hydrogen (secondary N) is 2. The second kappa shape index (κ2) is 60.9. The number of aromatic amines is 1. The molecule has 0 aliphatic carbocycles. The van der Waals surface area contributed by atoms with Crippen molar-refractivity contribution in [3.8, 4) is 62.5 Å². The predicted molar refractivity (Wildman–Crippen MR) is 549 cm³/mol. The molecule has 0 aliphatic rings. The van der Waals surface area contributed by atoms with Gasteiger partial charge in [0, 0.05) is 52.9 Å². The summed E-state index contributed by atoms with van der Waals surface area (Å²) >= 11 is 0. The number of aryl methyl sites for hydroxylation is 13. The summed E-state index contributed by atoms with van der Waals surface area (Å²) in [4.78, 5) is 103. The van der Waals surface area contributed by atoms with Crippen LogP contribution in [0.1, 0.15) is 172 Å². The second-order valence-electron chi connectivity index (χ2n) is 32.0. The molecule has 5 N–H and O–H groups in total. The number of hydrogen-bond acceptors (Lipinski definition) is 19. The van der Waals surface area contributed by atoms with E-state index in [1.807, 2.05) is 218 Å². The fourth-order valence-corrected chi connectivity index (χ4v) is 15.3. The number of methoxy groups -OCH3 is 7. The van der Waals surface area contributed by atoms with Gasteiger partial charge in [0.15, 0.2) is 5.78 Å². The van der Waals surface area contributed by atoms with Crippen LogP contribution in [0, 0.1) is 66.7 Å². The van der Waals surface area contributed by atoms with Crippen LogP contribution in [0.2, 0.25) is 0 Å². The van der Waals surface area contributed by atoms with Crippen molar-refractivity contribution in [2.75, 3.05) is 49.8 Å². The number of halogens is 1. The first-order valence-corrected chi connectivity index (χ1v) is 45.0. The number of amidine groups is 1. The average molecular weight is 1890 g/mol. The van der Waals surface area contributed by atoms with Gasteiger partial charge in [0.05, 0.1) is 78.2 Å². The van der Waals surface area contributed by atoms with Crippen LogP contribution in [0.25, 0.3) is 33.8 Å². The third-order valence-electron chi connectivity index (χ3n) is 22.1. The van der Waals surface area contributed by atoms with Gasteiger partial charge >= 0.3 is 47.5 Å². The zero-order valence-corrected chi connectivity index (χ0v) is 85.0. The van der Waals surface area contributed by atoms with E-state index in [-0.39, 0.29) is 96.8 Å². The van der Waals surface area contributed by atoms with Crippen molar-refractivity contribution in [1.82, 2.24) is 29.1 Å². The molecule has 722 valence electrons. The van der Waals surface area contributed by atoms with Crippen molar-refractivity contribution in [1.29, 1.82) is 5.41 Å². The summed E-state index contributed by atoms with van der Waals surface area (Å²) in [5.41, 5.74) is 22.6. The molecule has 10 aromatic carbocycles. The van der Waals surface area contributed by atoms with Gasteiger partial charge in [-0.05, 0) is 225 Å². The molecule has 1 atom stereocenters. The summed E-state index contributed by atoms with van der Waals surface area (Å²) < 4.78 is 39.2. The Morgan fingerprint density at radius 3 is 1.14 bits per heavy atom. The van der Waals surface area contributed by atoms with Crippen LogP contribution in [0.5, 0.6) is 28.7 Å². The van der Waals surface area contributed by atoms with Crippen molar-refractivity contribution in [2.24, 2.45) is 11.7 Å². The molecule has 23 nitrogen and oxygen atoms in total. The number of carbonyl (C=O) groups is 4. The van der Waals surface area contributed by atoms with Crippen molar-refractivity contribution in [2.45, 2.75) is 180 Å². The summed E-state index contributed by atoms with van der Waals surface area (Å²) in [6.45, 7) is 22.2. The van der Waals surface area contributed by atoms with Crippen LogP contribution < -0.4 is 70.9 Å². The SMILES string of the molecule is C.CC(=N)N.CCCn1c(C)nc(-c2cccc(C)c2O)c(CCc2ccccc2)c1=O.CCCn1c(C)nc(-c2cccc(C)c2OC)c(CCc2ccccc2)c1=O.COC(=O)C(CCc1ccccc1)C(=O)c1cccc(C)c1OC.COC(=O)CCCc1ccccc1.COC(=O)c1cccc(C)c1OC.COc1c(C)cccc1-c1nc(C)[nH]c(=O)c1CCc1ccccc1.Cl.[H-].[Na+]. The number of carbonyl (C=O) groups excluding carboxylic acids is 4. The van der Waals surface area contributed by atoms with Crippen molar-refractivity contribution in [3.05, 3.63) is 375 Å². The predicted octanol–water partition coefficient (Wildman–Crippen LogP) is 18.7. The zero-order valence-electron chi connectivity index (χ0n) is 83.2. The molecule has 0 radical (unpaired) electrons. The summed E-state index contributed by atoms with van der Waals surface area (Å²) in [6.07, 6.45) is 9.29. The van der Waals surface area contributed by atoms with Gasteiger partial charge in [-0.1, -0.05) is 234 Å². The van der Waals surface area contributed by atoms with E-state index in [2.05, 4.69) is 81.8 Å². The molecule has 25 heteroatoms. The molecule has 0 saturated heterocycles. The Balaban J connectivity index is 0.000000428. The van der Waals surface area contributed by atoms with Crippen molar-refractivity contribution in [3.63, 3.8) is 0 Å².